The second-order valence-electron chi connectivity index (χ2n) is 9.62. The topological polar surface area (TPSA) is 77.4 Å². The van der Waals surface area contributed by atoms with E-state index in [0.29, 0.717) is 17.8 Å². The molecule has 1 aromatic carbocycles. The van der Waals surface area contributed by atoms with E-state index in [4.69, 9.17) is 4.74 Å². The van der Waals surface area contributed by atoms with Gasteiger partial charge in [0.05, 0.1) is 11.9 Å². The lowest BCUT2D eigenvalue weighted by Gasteiger charge is -2.49. The summed E-state index contributed by atoms with van der Waals surface area (Å²) in [5, 5.41) is 6.37. The normalized spacial score (nSPS) is 23.4. The van der Waals surface area contributed by atoms with Gasteiger partial charge in [-0.15, -0.1) is 0 Å². The van der Waals surface area contributed by atoms with Crippen molar-refractivity contribution in [3.63, 3.8) is 0 Å². The van der Waals surface area contributed by atoms with Gasteiger partial charge in [0, 0.05) is 51.0 Å². The smallest absolute Gasteiger partial charge is 0.272 e. The van der Waals surface area contributed by atoms with Crippen molar-refractivity contribution in [2.45, 2.75) is 25.4 Å². The third-order valence-electron chi connectivity index (χ3n) is 7.49. The monoisotopic (exact) mass is 461 g/mol. The summed E-state index contributed by atoms with van der Waals surface area (Å²) in [5.74, 6) is 0.869. The van der Waals surface area contributed by atoms with Crippen molar-refractivity contribution in [1.82, 2.24) is 29.4 Å². The fourth-order valence-electron chi connectivity index (χ4n) is 5.09. The van der Waals surface area contributed by atoms with Crippen LogP contribution in [0.25, 0.3) is 16.8 Å². The molecule has 9 heteroatoms. The summed E-state index contributed by atoms with van der Waals surface area (Å²) in [4.78, 5) is 24.7. The van der Waals surface area contributed by atoms with Crippen LogP contribution in [0.4, 0.5) is 5.69 Å². The van der Waals surface area contributed by atoms with Gasteiger partial charge in [0.15, 0.2) is 0 Å². The highest BCUT2D eigenvalue weighted by atomic mass is 16.5. The van der Waals surface area contributed by atoms with Gasteiger partial charge in [-0.25, -0.2) is 4.98 Å². The molecule has 2 unspecified atom stereocenters. The first-order valence-corrected chi connectivity index (χ1v) is 12.0. The summed E-state index contributed by atoms with van der Waals surface area (Å²) in [6, 6.07) is 11.1. The molecule has 2 saturated heterocycles. The number of aromatic nitrogens is 2. The molecule has 2 fully saturated rings. The zero-order chi connectivity index (χ0) is 23.4. The Bertz CT molecular complexity index is 1240. The standard InChI is InChI=1S/C25H31N7O2/c1-16-12-30(9-8-29(16)3)19-14-31(15-19)24(33)21-11-27-23-7-5-18(13-32(21)23)17-4-6-22-20(10-17)28-25(26-2)34-22/h4-7,10-11,13,16,19,25-26,28H,8-9,12,14-15H2,1-3H3. The van der Waals surface area contributed by atoms with Crippen LogP contribution in [0, 0.1) is 0 Å². The number of likely N-dealkylation sites (tertiary alicyclic amines) is 1. The quantitative estimate of drug-likeness (QED) is 0.613. The van der Waals surface area contributed by atoms with Crippen molar-refractivity contribution in [1.29, 1.82) is 0 Å². The van der Waals surface area contributed by atoms with E-state index in [1.54, 1.807) is 6.20 Å². The summed E-state index contributed by atoms with van der Waals surface area (Å²) >= 11 is 0. The number of benzene rings is 1. The molecule has 34 heavy (non-hydrogen) atoms. The summed E-state index contributed by atoms with van der Waals surface area (Å²) in [7, 11) is 4.03. The lowest BCUT2D eigenvalue weighted by atomic mass is 10.0. The van der Waals surface area contributed by atoms with Gasteiger partial charge in [-0.3, -0.25) is 19.4 Å². The third-order valence-corrected chi connectivity index (χ3v) is 7.49. The first-order chi connectivity index (χ1) is 16.5. The van der Waals surface area contributed by atoms with Gasteiger partial charge in [0.2, 0.25) is 6.35 Å². The molecule has 178 valence electrons. The molecular formula is C25H31N7O2. The van der Waals surface area contributed by atoms with Crippen LogP contribution in [-0.2, 0) is 0 Å². The lowest BCUT2D eigenvalue weighted by Crippen LogP contribution is -2.65. The predicted molar refractivity (Wildman–Crippen MR) is 131 cm³/mol. The van der Waals surface area contributed by atoms with Crippen LogP contribution in [-0.4, -0.2) is 95.2 Å². The van der Waals surface area contributed by atoms with Crippen LogP contribution in [0.1, 0.15) is 17.4 Å². The van der Waals surface area contributed by atoms with E-state index in [2.05, 4.69) is 45.5 Å². The molecule has 0 saturated carbocycles. The molecule has 3 aliphatic heterocycles. The number of rotatable bonds is 4. The summed E-state index contributed by atoms with van der Waals surface area (Å²) in [6.07, 6.45) is 3.48. The molecule has 3 aromatic rings. The molecule has 6 rings (SSSR count). The van der Waals surface area contributed by atoms with Gasteiger partial charge in [-0.1, -0.05) is 6.07 Å². The Hall–Kier alpha value is -3.14. The van der Waals surface area contributed by atoms with Crippen molar-refractivity contribution in [2.75, 3.05) is 52.1 Å². The number of amides is 1. The van der Waals surface area contributed by atoms with Crippen LogP contribution < -0.4 is 15.4 Å². The summed E-state index contributed by atoms with van der Waals surface area (Å²) in [5.41, 5.74) is 4.40. The number of carbonyl (C=O) groups is 1. The largest absolute Gasteiger partial charge is 0.455 e. The fourth-order valence-corrected chi connectivity index (χ4v) is 5.09. The zero-order valence-corrected chi connectivity index (χ0v) is 19.9. The Labute approximate surface area is 199 Å². The van der Waals surface area contributed by atoms with E-state index in [0.717, 1.165) is 60.9 Å². The van der Waals surface area contributed by atoms with Crippen LogP contribution in [0.5, 0.6) is 5.75 Å². The number of hydrogen-bond acceptors (Lipinski definition) is 7. The number of carbonyl (C=O) groups excluding carboxylic acids is 1. The van der Waals surface area contributed by atoms with Crippen LogP contribution >= 0.6 is 0 Å². The van der Waals surface area contributed by atoms with Crippen LogP contribution in [0.15, 0.2) is 42.7 Å². The number of pyridine rings is 1. The summed E-state index contributed by atoms with van der Waals surface area (Å²) < 4.78 is 7.68. The van der Waals surface area contributed by atoms with Crippen molar-refractivity contribution >= 4 is 17.2 Å². The second kappa shape index (κ2) is 8.26. The van der Waals surface area contributed by atoms with Gasteiger partial charge < -0.3 is 19.9 Å². The Morgan fingerprint density at radius 3 is 2.76 bits per heavy atom. The molecule has 3 aliphatic rings. The van der Waals surface area contributed by atoms with E-state index in [1.807, 2.05) is 46.8 Å². The second-order valence-corrected chi connectivity index (χ2v) is 9.62. The van der Waals surface area contributed by atoms with E-state index < -0.39 is 0 Å². The molecule has 2 atom stereocenters. The Balaban J connectivity index is 1.19. The van der Waals surface area contributed by atoms with Crippen LogP contribution in [0.2, 0.25) is 0 Å². The van der Waals surface area contributed by atoms with Gasteiger partial charge in [-0.2, -0.15) is 0 Å². The maximum Gasteiger partial charge on any atom is 0.272 e. The zero-order valence-electron chi connectivity index (χ0n) is 19.9. The molecule has 2 aromatic heterocycles. The van der Waals surface area contributed by atoms with E-state index in [9.17, 15) is 4.79 Å². The first-order valence-electron chi connectivity index (χ1n) is 12.0. The number of nitrogens with zero attached hydrogens (tertiary/aromatic N) is 5. The summed E-state index contributed by atoms with van der Waals surface area (Å²) in [6.45, 7) is 7.06. The Kier molecular flexibility index (Phi) is 5.20. The van der Waals surface area contributed by atoms with E-state index >= 15 is 0 Å². The maximum absolute atomic E-state index is 13.3. The molecule has 0 radical (unpaired) electrons. The molecule has 0 spiro atoms. The van der Waals surface area contributed by atoms with E-state index in [1.165, 1.54) is 0 Å². The maximum atomic E-state index is 13.3. The minimum atomic E-state index is -0.222. The minimum Gasteiger partial charge on any atom is -0.455 e. The predicted octanol–water partition coefficient (Wildman–Crippen LogP) is 1.77. The van der Waals surface area contributed by atoms with Crippen molar-refractivity contribution in [2.24, 2.45) is 0 Å². The average molecular weight is 462 g/mol. The molecule has 2 N–H and O–H groups in total. The molecule has 5 heterocycles. The van der Waals surface area contributed by atoms with Crippen LogP contribution in [0.3, 0.4) is 0 Å². The van der Waals surface area contributed by atoms with E-state index in [-0.39, 0.29) is 12.3 Å². The van der Waals surface area contributed by atoms with Crippen molar-refractivity contribution in [3.8, 4) is 16.9 Å². The fraction of sp³-hybridized carbons (Fsp3) is 0.440. The number of piperazine rings is 1. The number of imidazole rings is 1. The SMILES string of the molecule is CNC1Nc2cc(-c3ccc4ncc(C(=O)N5CC(N6CCN(C)C(C)C6)C5)n4c3)ccc2O1. The number of nitrogens with one attached hydrogen (secondary N) is 2. The van der Waals surface area contributed by atoms with Gasteiger partial charge in [0.1, 0.15) is 17.1 Å². The number of hydrogen-bond donors (Lipinski definition) is 2. The number of ether oxygens (including phenoxy) is 1. The molecular weight excluding hydrogens is 430 g/mol. The van der Waals surface area contributed by atoms with Gasteiger partial charge >= 0.3 is 0 Å². The number of fused-ring (bicyclic) bond motifs is 2. The highest BCUT2D eigenvalue weighted by Gasteiger charge is 2.38. The van der Waals surface area contributed by atoms with Crippen molar-refractivity contribution < 1.29 is 9.53 Å². The highest BCUT2D eigenvalue weighted by Crippen LogP contribution is 2.35. The average Bonchev–Trinajstić information content (AvgIpc) is 3.43. The third kappa shape index (κ3) is 3.60. The minimum absolute atomic E-state index is 0.0453. The van der Waals surface area contributed by atoms with Gasteiger partial charge in [-0.05, 0) is 56.4 Å². The molecule has 9 nitrogen and oxygen atoms in total. The number of likely N-dealkylation sites (N-methyl/N-ethyl adjacent to an activating group) is 1. The lowest BCUT2D eigenvalue weighted by molar-refractivity contribution is -0.00187. The number of anilines is 1. The molecule has 0 bridgehead atoms. The Morgan fingerprint density at radius 1 is 1.15 bits per heavy atom. The molecule has 0 aliphatic carbocycles. The molecule has 1 amide bonds. The Morgan fingerprint density at radius 2 is 1.97 bits per heavy atom. The van der Waals surface area contributed by atoms with Gasteiger partial charge in [0.25, 0.3) is 5.91 Å². The van der Waals surface area contributed by atoms with Crippen molar-refractivity contribution in [3.05, 3.63) is 48.4 Å². The first kappa shape index (κ1) is 21.4. The highest BCUT2D eigenvalue weighted by molar-refractivity contribution is 5.94.